The molecule has 196 valence electrons. The lowest BCUT2D eigenvalue weighted by Crippen LogP contribution is -2.53. The second-order valence-corrected chi connectivity index (χ2v) is 12.1. The van der Waals surface area contributed by atoms with E-state index in [9.17, 15) is 18.0 Å². The average Bonchev–Trinajstić information content (AvgIpc) is 2.79. The predicted octanol–water partition coefficient (Wildman–Crippen LogP) is 4.59. The van der Waals surface area contributed by atoms with Crippen LogP contribution in [0, 0.1) is 13.8 Å². The molecule has 1 saturated carbocycles. The summed E-state index contributed by atoms with van der Waals surface area (Å²) in [5, 5.41) is 3.61. The third-order valence-electron chi connectivity index (χ3n) is 6.53. The first kappa shape index (κ1) is 28.0. The van der Waals surface area contributed by atoms with Crippen molar-refractivity contribution in [3.63, 3.8) is 0 Å². The van der Waals surface area contributed by atoms with Gasteiger partial charge in [-0.15, -0.1) is 0 Å². The Hall–Kier alpha value is -2.58. The van der Waals surface area contributed by atoms with E-state index in [1.807, 2.05) is 26.0 Å². The molecule has 0 unspecified atom stereocenters. The largest absolute Gasteiger partial charge is 0.352 e. The highest BCUT2D eigenvalue weighted by Gasteiger charge is 2.31. The maximum atomic E-state index is 13.7. The number of aryl methyl sites for hydroxylation is 2. The van der Waals surface area contributed by atoms with Crippen molar-refractivity contribution in [2.45, 2.75) is 71.5 Å². The molecule has 1 aliphatic carbocycles. The number of anilines is 1. The summed E-state index contributed by atoms with van der Waals surface area (Å²) in [7, 11) is -3.76. The molecule has 9 heteroatoms. The fourth-order valence-corrected chi connectivity index (χ4v) is 5.74. The van der Waals surface area contributed by atoms with Crippen LogP contribution in [0.4, 0.5) is 5.69 Å². The van der Waals surface area contributed by atoms with Gasteiger partial charge in [0.2, 0.25) is 21.8 Å². The lowest BCUT2D eigenvalue weighted by atomic mass is 9.95. The van der Waals surface area contributed by atoms with Gasteiger partial charge in [0.15, 0.2) is 0 Å². The van der Waals surface area contributed by atoms with Crippen LogP contribution in [0.15, 0.2) is 42.5 Å². The Kier molecular flexibility index (Phi) is 9.41. The standard InChI is InChI=1S/C27H36ClN3O4S/c1-19-13-20(2)15-25(14-19)31(36(4,34)35)18-26(32)30(17-22-9-8-10-23(28)16-22)21(3)27(33)29-24-11-6-5-7-12-24/h8-10,13-16,21,24H,5-7,11-12,17-18H2,1-4H3,(H,29,33)/t21-/m1/s1. The molecule has 0 aliphatic heterocycles. The molecule has 0 aromatic heterocycles. The second kappa shape index (κ2) is 12.1. The molecule has 7 nitrogen and oxygen atoms in total. The van der Waals surface area contributed by atoms with Gasteiger partial charge in [-0.25, -0.2) is 8.42 Å². The lowest BCUT2D eigenvalue weighted by Gasteiger charge is -2.33. The zero-order chi connectivity index (χ0) is 26.5. The van der Waals surface area contributed by atoms with Crippen LogP contribution in [0.3, 0.4) is 0 Å². The normalized spacial score (nSPS) is 15.2. The molecule has 1 aliphatic rings. The quantitative estimate of drug-likeness (QED) is 0.511. The third kappa shape index (κ3) is 7.71. The number of hydrogen-bond donors (Lipinski definition) is 1. The molecule has 2 aromatic carbocycles. The Morgan fingerprint density at radius 1 is 1.06 bits per heavy atom. The van der Waals surface area contributed by atoms with E-state index >= 15 is 0 Å². The van der Waals surface area contributed by atoms with Crippen molar-refractivity contribution in [3.05, 3.63) is 64.2 Å². The number of carbonyl (C=O) groups excluding carboxylic acids is 2. The van der Waals surface area contributed by atoms with Crippen LogP contribution >= 0.6 is 11.6 Å². The molecule has 36 heavy (non-hydrogen) atoms. The zero-order valence-electron chi connectivity index (χ0n) is 21.5. The number of hydrogen-bond acceptors (Lipinski definition) is 4. The molecule has 0 spiro atoms. The Morgan fingerprint density at radius 3 is 2.28 bits per heavy atom. The fourth-order valence-electron chi connectivity index (χ4n) is 4.69. The summed E-state index contributed by atoms with van der Waals surface area (Å²) in [4.78, 5) is 28.3. The SMILES string of the molecule is Cc1cc(C)cc(N(CC(=O)N(Cc2cccc(Cl)c2)[C@H](C)C(=O)NC2CCCCC2)S(C)(=O)=O)c1. The summed E-state index contributed by atoms with van der Waals surface area (Å²) >= 11 is 6.16. The molecule has 3 rings (SSSR count). The summed E-state index contributed by atoms with van der Waals surface area (Å²) in [5.41, 5.74) is 2.96. The summed E-state index contributed by atoms with van der Waals surface area (Å²) in [6.07, 6.45) is 6.25. The van der Waals surface area contributed by atoms with Crippen LogP contribution in [0.25, 0.3) is 0 Å². The highest BCUT2D eigenvalue weighted by molar-refractivity contribution is 7.92. The molecular weight excluding hydrogens is 498 g/mol. The first-order valence-electron chi connectivity index (χ1n) is 12.3. The molecular formula is C27H36ClN3O4S. The van der Waals surface area contributed by atoms with Gasteiger partial charge < -0.3 is 10.2 Å². The highest BCUT2D eigenvalue weighted by atomic mass is 35.5. The molecule has 1 atom stereocenters. The Bertz CT molecular complexity index is 1180. The Labute approximate surface area is 219 Å². The lowest BCUT2D eigenvalue weighted by molar-refractivity contribution is -0.139. The number of nitrogens with zero attached hydrogens (tertiary/aromatic N) is 2. The number of halogens is 1. The van der Waals surface area contributed by atoms with Crippen LogP contribution in [0.5, 0.6) is 0 Å². The number of sulfonamides is 1. The molecule has 1 fully saturated rings. The van der Waals surface area contributed by atoms with Gasteiger partial charge in [-0.05, 0) is 74.6 Å². The minimum atomic E-state index is -3.76. The van der Waals surface area contributed by atoms with Crippen molar-refractivity contribution < 1.29 is 18.0 Å². The van der Waals surface area contributed by atoms with E-state index in [1.54, 1.807) is 37.3 Å². The van der Waals surface area contributed by atoms with Crippen molar-refractivity contribution in [2.75, 3.05) is 17.1 Å². The van der Waals surface area contributed by atoms with Crippen molar-refractivity contribution >= 4 is 39.1 Å². The van der Waals surface area contributed by atoms with Gasteiger partial charge in [-0.3, -0.25) is 13.9 Å². The smallest absolute Gasteiger partial charge is 0.244 e. The third-order valence-corrected chi connectivity index (χ3v) is 7.91. The van der Waals surface area contributed by atoms with Gasteiger partial charge in [0, 0.05) is 17.6 Å². The number of benzene rings is 2. The Balaban J connectivity index is 1.89. The molecule has 1 N–H and O–H groups in total. The molecule has 0 bridgehead atoms. The maximum Gasteiger partial charge on any atom is 0.244 e. The minimum Gasteiger partial charge on any atom is -0.352 e. The maximum absolute atomic E-state index is 13.7. The number of carbonyl (C=O) groups is 2. The van der Waals surface area contributed by atoms with Crippen molar-refractivity contribution in [1.82, 2.24) is 10.2 Å². The van der Waals surface area contributed by atoms with E-state index in [1.165, 1.54) is 11.3 Å². The zero-order valence-corrected chi connectivity index (χ0v) is 23.0. The van der Waals surface area contributed by atoms with Crippen molar-refractivity contribution in [2.24, 2.45) is 0 Å². The first-order valence-corrected chi connectivity index (χ1v) is 14.6. The van der Waals surface area contributed by atoms with Crippen LogP contribution < -0.4 is 9.62 Å². The minimum absolute atomic E-state index is 0.0969. The van der Waals surface area contributed by atoms with Crippen LogP contribution in [0.1, 0.15) is 55.7 Å². The van der Waals surface area contributed by atoms with E-state index < -0.39 is 28.5 Å². The van der Waals surface area contributed by atoms with E-state index in [-0.39, 0.29) is 18.5 Å². The van der Waals surface area contributed by atoms with E-state index in [4.69, 9.17) is 11.6 Å². The van der Waals surface area contributed by atoms with Gasteiger partial charge in [-0.1, -0.05) is 49.1 Å². The van der Waals surface area contributed by atoms with Gasteiger partial charge in [-0.2, -0.15) is 0 Å². The second-order valence-electron chi connectivity index (χ2n) is 9.79. The van der Waals surface area contributed by atoms with Gasteiger partial charge in [0.25, 0.3) is 0 Å². The van der Waals surface area contributed by atoms with Gasteiger partial charge >= 0.3 is 0 Å². The molecule has 0 heterocycles. The van der Waals surface area contributed by atoms with Crippen molar-refractivity contribution in [1.29, 1.82) is 0 Å². The van der Waals surface area contributed by atoms with Gasteiger partial charge in [0.1, 0.15) is 12.6 Å². The monoisotopic (exact) mass is 533 g/mol. The van der Waals surface area contributed by atoms with Crippen molar-refractivity contribution in [3.8, 4) is 0 Å². The predicted molar refractivity (Wildman–Crippen MR) is 145 cm³/mol. The molecule has 2 amide bonds. The number of amides is 2. The fraction of sp³-hybridized carbons (Fsp3) is 0.481. The molecule has 0 saturated heterocycles. The highest BCUT2D eigenvalue weighted by Crippen LogP contribution is 2.23. The summed E-state index contributed by atoms with van der Waals surface area (Å²) in [6.45, 7) is 5.15. The summed E-state index contributed by atoms with van der Waals surface area (Å²) in [6, 6.07) is 11.8. The summed E-state index contributed by atoms with van der Waals surface area (Å²) < 4.78 is 26.6. The summed E-state index contributed by atoms with van der Waals surface area (Å²) in [5.74, 6) is -0.708. The van der Waals surface area contributed by atoms with E-state index in [0.29, 0.717) is 10.7 Å². The molecule has 2 aromatic rings. The van der Waals surface area contributed by atoms with Crippen LogP contribution in [0.2, 0.25) is 5.02 Å². The van der Waals surface area contributed by atoms with Gasteiger partial charge in [0.05, 0.1) is 11.9 Å². The Morgan fingerprint density at radius 2 is 1.69 bits per heavy atom. The number of nitrogens with one attached hydrogen (secondary N) is 1. The topological polar surface area (TPSA) is 86.8 Å². The van der Waals surface area contributed by atoms with Crippen LogP contribution in [-0.4, -0.2) is 50.0 Å². The number of rotatable bonds is 9. The van der Waals surface area contributed by atoms with E-state index in [0.717, 1.165) is 52.9 Å². The average molecular weight is 534 g/mol. The van der Waals surface area contributed by atoms with Crippen LogP contribution in [-0.2, 0) is 26.2 Å². The molecule has 0 radical (unpaired) electrons. The first-order chi connectivity index (χ1) is 16.9. The van der Waals surface area contributed by atoms with E-state index in [2.05, 4.69) is 5.32 Å².